The third-order valence-corrected chi connectivity index (χ3v) is 1.96. The van der Waals surface area contributed by atoms with E-state index in [1.165, 1.54) is 0 Å². The summed E-state index contributed by atoms with van der Waals surface area (Å²) in [6.07, 6.45) is 5.38. The van der Waals surface area contributed by atoms with E-state index in [0.717, 1.165) is 17.4 Å². The van der Waals surface area contributed by atoms with Crippen molar-refractivity contribution in [3.05, 3.63) is 42.2 Å². The molecule has 2 heteroatoms. The third kappa shape index (κ3) is 1.01. The van der Waals surface area contributed by atoms with E-state index in [9.17, 15) is 4.79 Å². The molecule has 0 fully saturated rings. The number of carbonyl (C=O) groups is 1. The van der Waals surface area contributed by atoms with Crippen LogP contribution in [0.15, 0.2) is 36.7 Å². The van der Waals surface area contributed by atoms with Gasteiger partial charge in [-0.05, 0) is 23.8 Å². The molecule has 12 heavy (non-hydrogen) atoms. The van der Waals surface area contributed by atoms with Gasteiger partial charge in [-0.1, -0.05) is 6.07 Å². The first-order chi connectivity index (χ1) is 5.92. The van der Waals surface area contributed by atoms with Gasteiger partial charge in [-0.15, -0.1) is 0 Å². The lowest BCUT2D eigenvalue weighted by Crippen LogP contribution is -1.85. The summed E-state index contributed by atoms with van der Waals surface area (Å²) in [7, 11) is 0. The van der Waals surface area contributed by atoms with Crippen molar-refractivity contribution in [1.29, 1.82) is 0 Å². The van der Waals surface area contributed by atoms with Crippen LogP contribution in [0.3, 0.4) is 0 Å². The minimum absolute atomic E-state index is 0.501. The molecule has 2 nitrogen and oxygen atoms in total. The van der Waals surface area contributed by atoms with Crippen LogP contribution in [0.2, 0.25) is 0 Å². The number of fused-ring (bicyclic) bond motifs is 1. The molecule has 0 aliphatic carbocycles. The normalized spacial score (nSPS) is 10.3. The second-order valence-corrected chi connectivity index (χ2v) is 2.70. The molecule has 0 unspecified atom stereocenters. The van der Waals surface area contributed by atoms with Crippen LogP contribution in [0, 0.1) is 0 Å². The summed E-state index contributed by atoms with van der Waals surface area (Å²) in [5, 5.41) is 0. The predicted octanol–water partition coefficient (Wildman–Crippen LogP) is 1.68. The molecule has 0 saturated carbocycles. The van der Waals surface area contributed by atoms with Crippen LogP contribution in [-0.4, -0.2) is 10.7 Å². The molecule has 0 atom stereocenters. The Morgan fingerprint density at radius 1 is 1.25 bits per heavy atom. The molecule has 0 N–H and O–H groups in total. The van der Waals surface area contributed by atoms with Crippen LogP contribution in [0.4, 0.5) is 0 Å². The summed E-state index contributed by atoms with van der Waals surface area (Å²) < 4.78 is 2.01. The molecular formula is C10H9NO. The number of rotatable bonds is 2. The monoisotopic (exact) mass is 159 g/mol. The Kier molecular flexibility index (Phi) is 1.67. The first-order valence-corrected chi connectivity index (χ1v) is 3.90. The predicted molar refractivity (Wildman–Crippen MR) is 47.2 cm³/mol. The lowest BCUT2D eigenvalue weighted by atomic mass is 10.2. The highest BCUT2D eigenvalue weighted by Crippen LogP contribution is 2.11. The van der Waals surface area contributed by atoms with Crippen molar-refractivity contribution < 1.29 is 4.79 Å². The van der Waals surface area contributed by atoms with Gasteiger partial charge in [0.05, 0.1) is 0 Å². The highest BCUT2D eigenvalue weighted by atomic mass is 16.1. The Morgan fingerprint density at radius 2 is 2.17 bits per heavy atom. The Balaban J connectivity index is 2.62. The molecule has 0 aliphatic rings. The number of aromatic nitrogens is 1. The standard InChI is InChI=1S/C10H9NO/c12-8-5-9-4-7-11-6-2-1-3-10(9)11/h1-4,6-8H,5H2. The van der Waals surface area contributed by atoms with Crippen molar-refractivity contribution in [2.24, 2.45) is 0 Å². The van der Waals surface area contributed by atoms with Crippen LogP contribution in [-0.2, 0) is 11.2 Å². The number of carbonyl (C=O) groups excluding carboxylic acids is 1. The number of pyridine rings is 1. The van der Waals surface area contributed by atoms with Crippen LogP contribution in [0.1, 0.15) is 5.56 Å². The number of aldehydes is 1. The summed E-state index contributed by atoms with van der Waals surface area (Å²) in [6.45, 7) is 0. The van der Waals surface area contributed by atoms with Gasteiger partial charge in [0.1, 0.15) is 6.29 Å². The lowest BCUT2D eigenvalue weighted by Gasteiger charge is -1.94. The van der Waals surface area contributed by atoms with Gasteiger partial charge in [-0.2, -0.15) is 0 Å². The highest BCUT2D eigenvalue weighted by Gasteiger charge is 1.98. The molecule has 0 aromatic carbocycles. The van der Waals surface area contributed by atoms with Crippen molar-refractivity contribution in [3.8, 4) is 0 Å². The fourth-order valence-corrected chi connectivity index (χ4v) is 1.38. The SMILES string of the molecule is O=CCc1ccn2ccccc12. The van der Waals surface area contributed by atoms with Crippen molar-refractivity contribution in [2.45, 2.75) is 6.42 Å². The largest absolute Gasteiger partial charge is 0.324 e. The lowest BCUT2D eigenvalue weighted by molar-refractivity contribution is -0.107. The fourth-order valence-electron chi connectivity index (χ4n) is 1.38. The minimum Gasteiger partial charge on any atom is -0.324 e. The summed E-state index contributed by atoms with van der Waals surface area (Å²) >= 11 is 0. The Morgan fingerprint density at radius 3 is 3.00 bits per heavy atom. The molecule has 0 spiro atoms. The number of hydrogen-bond acceptors (Lipinski definition) is 1. The molecule has 0 bridgehead atoms. The van der Waals surface area contributed by atoms with E-state index in [4.69, 9.17) is 0 Å². The van der Waals surface area contributed by atoms with Gasteiger partial charge in [-0.25, -0.2) is 0 Å². The van der Waals surface area contributed by atoms with Crippen molar-refractivity contribution in [2.75, 3.05) is 0 Å². The molecule has 60 valence electrons. The van der Waals surface area contributed by atoms with Gasteiger partial charge < -0.3 is 9.20 Å². The number of nitrogens with zero attached hydrogens (tertiary/aromatic N) is 1. The van der Waals surface area contributed by atoms with Gasteiger partial charge in [0.2, 0.25) is 0 Å². The molecule has 2 aromatic heterocycles. The Labute approximate surface area is 70.4 Å². The van der Waals surface area contributed by atoms with Crippen molar-refractivity contribution in [3.63, 3.8) is 0 Å². The van der Waals surface area contributed by atoms with Crippen LogP contribution >= 0.6 is 0 Å². The Hall–Kier alpha value is -1.57. The van der Waals surface area contributed by atoms with E-state index in [1.807, 2.05) is 41.1 Å². The van der Waals surface area contributed by atoms with Crippen molar-refractivity contribution >= 4 is 11.8 Å². The first kappa shape index (κ1) is 7.10. The molecule has 0 aliphatic heterocycles. The maximum absolute atomic E-state index is 10.3. The van der Waals surface area contributed by atoms with E-state index >= 15 is 0 Å². The van der Waals surface area contributed by atoms with Crippen LogP contribution in [0.25, 0.3) is 5.52 Å². The maximum Gasteiger partial charge on any atom is 0.124 e. The Bertz CT molecular complexity index is 403. The molecule has 2 heterocycles. The zero-order valence-electron chi connectivity index (χ0n) is 6.60. The van der Waals surface area contributed by atoms with Crippen LogP contribution in [0.5, 0.6) is 0 Å². The second-order valence-electron chi connectivity index (χ2n) is 2.70. The topological polar surface area (TPSA) is 21.5 Å². The number of hydrogen-bond donors (Lipinski definition) is 0. The summed E-state index contributed by atoms with van der Waals surface area (Å²) in [4.78, 5) is 10.3. The van der Waals surface area contributed by atoms with Gasteiger partial charge in [0.15, 0.2) is 0 Å². The van der Waals surface area contributed by atoms with E-state index in [-0.39, 0.29) is 0 Å². The molecular weight excluding hydrogens is 150 g/mol. The van der Waals surface area contributed by atoms with Crippen LogP contribution < -0.4 is 0 Å². The summed E-state index contributed by atoms with van der Waals surface area (Å²) in [5.41, 5.74) is 2.20. The van der Waals surface area contributed by atoms with Gasteiger partial charge in [0.25, 0.3) is 0 Å². The first-order valence-electron chi connectivity index (χ1n) is 3.90. The minimum atomic E-state index is 0.501. The van der Waals surface area contributed by atoms with Gasteiger partial charge >= 0.3 is 0 Å². The third-order valence-electron chi connectivity index (χ3n) is 1.96. The van der Waals surface area contributed by atoms with E-state index < -0.39 is 0 Å². The molecule has 0 amide bonds. The fraction of sp³-hybridized carbons (Fsp3) is 0.100. The van der Waals surface area contributed by atoms with Crippen molar-refractivity contribution in [1.82, 2.24) is 4.40 Å². The quantitative estimate of drug-likeness (QED) is 0.611. The average Bonchev–Trinajstić information content (AvgIpc) is 2.50. The summed E-state index contributed by atoms with van der Waals surface area (Å²) in [6, 6.07) is 7.93. The maximum atomic E-state index is 10.3. The smallest absolute Gasteiger partial charge is 0.124 e. The average molecular weight is 159 g/mol. The van der Waals surface area contributed by atoms with Gasteiger partial charge in [0, 0.05) is 24.3 Å². The molecule has 2 rings (SSSR count). The van der Waals surface area contributed by atoms with Gasteiger partial charge in [-0.3, -0.25) is 0 Å². The zero-order chi connectivity index (χ0) is 8.39. The van der Waals surface area contributed by atoms with E-state index in [1.54, 1.807) is 0 Å². The zero-order valence-corrected chi connectivity index (χ0v) is 6.60. The van der Waals surface area contributed by atoms with E-state index in [2.05, 4.69) is 0 Å². The molecule has 0 saturated heterocycles. The second kappa shape index (κ2) is 2.81. The summed E-state index contributed by atoms with van der Waals surface area (Å²) in [5.74, 6) is 0. The van der Waals surface area contributed by atoms with E-state index in [0.29, 0.717) is 6.42 Å². The molecule has 2 aromatic rings. The molecule has 0 radical (unpaired) electrons. The highest BCUT2D eigenvalue weighted by molar-refractivity contribution is 5.65.